The third-order valence-corrected chi connectivity index (χ3v) is 2.01. The predicted molar refractivity (Wildman–Crippen MR) is 51.2 cm³/mol. The van der Waals surface area contributed by atoms with Crippen LogP contribution in [0, 0.1) is 0 Å². The van der Waals surface area contributed by atoms with Gasteiger partial charge < -0.3 is 10.7 Å². The zero-order valence-electron chi connectivity index (χ0n) is 7.07. The first kappa shape index (κ1) is 9.48. The van der Waals surface area contributed by atoms with E-state index in [0.717, 1.165) is 12.0 Å². The largest absolute Gasteiger partial charge is 0.412 e. The van der Waals surface area contributed by atoms with Crippen LogP contribution >= 0.6 is 0 Å². The predicted octanol–water partition coefficient (Wildman–Crippen LogP) is 1.15. The lowest BCUT2D eigenvalue weighted by Gasteiger charge is -2.10. The lowest BCUT2D eigenvalue weighted by molar-refractivity contribution is 0.320. The summed E-state index contributed by atoms with van der Waals surface area (Å²) < 4.78 is 0. The Morgan fingerprint density at radius 2 is 2.00 bits per heavy atom. The van der Waals surface area contributed by atoms with Crippen LogP contribution in [0.3, 0.4) is 0 Å². The third kappa shape index (κ3) is 1.60. The molecule has 0 saturated heterocycles. The Bertz CT molecular complexity index is 356. The van der Waals surface area contributed by atoms with E-state index in [4.69, 9.17) is 5.21 Å². The minimum Gasteiger partial charge on any atom is -0.412 e. The Balaban J connectivity index is 0.000000845. The van der Waals surface area contributed by atoms with Gasteiger partial charge in [0.15, 0.2) is 0 Å². The lowest BCUT2D eigenvalue weighted by Crippen LogP contribution is -2.05. The minimum atomic E-state index is 0. The molecular weight excluding hydrogens is 166 g/mol. The van der Waals surface area contributed by atoms with Crippen LogP contribution in [0.5, 0.6) is 0 Å². The van der Waals surface area contributed by atoms with Crippen LogP contribution in [0.15, 0.2) is 41.6 Å². The summed E-state index contributed by atoms with van der Waals surface area (Å²) in [5.41, 5.74) is 2.90. The first-order valence-corrected chi connectivity index (χ1v) is 3.88. The Hall–Kier alpha value is -1.61. The van der Waals surface area contributed by atoms with Crippen molar-refractivity contribution in [3.05, 3.63) is 47.5 Å². The smallest absolute Gasteiger partial charge is 0.109 e. The molecule has 0 aliphatic heterocycles. The Labute approximate surface area is 76.3 Å². The summed E-state index contributed by atoms with van der Waals surface area (Å²) in [4.78, 5) is 0. The van der Waals surface area contributed by atoms with Gasteiger partial charge >= 0.3 is 0 Å². The van der Waals surface area contributed by atoms with E-state index < -0.39 is 0 Å². The number of benzene rings is 1. The Kier molecular flexibility index (Phi) is 2.82. The summed E-state index contributed by atoms with van der Waals surface area (Å²) in [6.45, 7) is 0. The summed E-state index contributed by atoms with van der Waals surface area (Å²) in [7, 11) is 0. The maximum atomic E-state index is 8.67. The topological polar surface area (TPSA) is 64.1 Å². The summed E-state index contributed by atoms with van der Waals surface area (Å²) in [6.07, 6.45) is 4.76. The van der Waals surface area contributed by atoms with Crippen molar-refractivity contribution < 1.29 is 10.7 Å². The zero-order chi connectivity index (χ0) is 8.39. The van der Waals surface area contributed by atoms with E-state index in [9.17, 15) is 0 Å². The first-order valence-electron chi connectivity index (χ1n) is 3.88. The highest BCUT2D eigenvalue weighted by atomic mass is 16.4. The second kappa shape index (κ2) is 3.87. The second-order valence-electron chi connectivity index (χ2n) is 2.75. The molecule has 0 amide bonds. The van der Waals surface area contributed by atoms with Gasteiger partial charge in [0.25, 0.3) is 0 Å². The highest BCUT2D eigenvalue weighted by Crippen LogP contribution is 2.16. The van der Waals surface area contributed by atoms with Gasteiger partial charge in [-0.1, -0.05) is 35.5 Å². The van der Waals surface area contributed by atoms with Crippen LogP contribution in [-0.4, -0.2) is 16.4 Å². The molecule has 1 aromatic rings. The van der Waals surface area contributed by atoms with Gasteiger partial charge in [-0.2, -0.15) is 0 Å². The summed E-state index contributed by atoms with van der Waals surface area (Å²) in [6, 6.07) is 7.95. The highest BCUT2D eigenvalue weighted by molar-refractivity contribution is 6.10. The van der Waals surface area contributed by atoms with Gasteiger partial charge in [0.2, 0.25) is 0 Å². The average Bonchev–Trinajstić information content (AvgIpc) is 2.17. The van der Waals surface area contributed by atoms with Gasteiger partial charge in [-0.05, 0) is 18.1 Å². The van der Waals surface area contributed by atoms with Crippen molar-refractivity contribution in [2.24, 2.45) is 5.16 Å². The SMILES string of the molecule is O.ON=C1C=CCc2ccccc21. The first-order chi connectivity index (χ1) is 5.92. The maximum Gasteiger partial charge on any atom is 0.109 e. The fourth-order valence-electron chi connectivity index (χ4n) is 1.42. The van der Waals surface area contributed by atoms with E-state index >= 15 is 0 Å². The molecule has 68 valence electrons. The molecule has 0 bridgehead atoms. The van der Waals surface area contributed by atoms with Crippen molar-refractivity contribution in [3.63, 3.8) is 0 Å². The van der Waals surface area contributed by atoms with Crippen molar-refractivity contribution >= 4 is 5.71 Å². The number of fused-ring (bicyclic) bond motifs is 1. The standard InChI is InChI=1S/C10H9NO.H2O/c12-11-10-7-3-5-8-4-1-2-6-9(8)10;/h1-4,6-7,12H,5H2;1H2. The molecule has 3 nitrogen and oxygen atoms in total. The molecule has 1 aliphatic carbocycles. The van der Waals surface area contributed by atoms with Gasteiger partial charge in [-0.3, -0.25) is 0 Å². The van der Waals surface area contributed by atoms with Gasteiger partial charge in [-0.25, -0.2) is 0 Å². The normalized spacial score (nSPS) is 16.5. The number of hydrogen-bond donors (Lipinski definition) is 1. The lowest BCUT2D eigenvalue weighted by atomic mass is 9.96. The van der Waals surface area contributed by atoms with Crippen LogP contribution in [-0.2, 0) is 6.42 Å². The molecule has 13 heavy (non-hydrogen) atoms. The van der Waals surface area contributed by atoms with Crippen molar-refractivity contribution in [3.8, 4) is 0 Å². The van der Waals surface area contributed by atoms with Crippen molar-refractivity contribution in [2.45, 2.75) is 6.42 Å². The molecule has 0 unspecified atom stereocenters. The molecule has 0 aromatic heterocycles. The third-order valence-electron chi connectivity index (χ3n) is 2.01. The molecule has 1 aliphatic rings. The van der Waals surface area contributed by atoms with E-state index in [1.54, 1.807) is 0 Å². The fourth-order valence-corrected chi connectivity index (χ4v) is 1.42. The Morgan fingerprint density at radius 1 is 1.23 bits per heavy atom. The monoisotopic (exact) mass is 177 g/mol. The van der Waals surface area contributed by atoms with Crippen LogP contribution in [0.25, 0.3) is 0 Å². The van der Waals surface area contributed by atoms with Crippen LogP contribution in [0.4, 0.5) is 0 Å². The van der Waals surface area contributed by atoms with E-state index in [0.29, 0.717) is 5.71 Å². The van der Waals surface area contributed by atoms with Crippen LogP contribution in [0.1, 0.15) is 11.1 Å². The van der Waals surface area contributed by atoms with Gasteiger partial charge in [0.1, 0.15) is 5.71 Å². The van der Waals surface area contributed by atoms with Crippen molar-refractivity contribution in [1.29, 1.82) is 0 Å². The molecule has 2 rings (SSSR count). The molecular formula is C10H11NO2. The number of nitrogens with zero attached hydrogens (tertiary/aromatic N) is 1. The summed E-state index contributed by atoms with van der Waals surface area (Å²) >= 11 is 0. The van der Waals surface area contributed by atoms with E-state index in [1.165, 1.54) is 5.56 Å². The molecule has 0 saturated carbocycles. The average molecular weight is 177 g/mol. The molecule has 3 N–H and O–H groups in total. The molecule has 0 spiro atoms. The fraction of sp³-hybridized carbons (Fsp3) is 0.100. The number of hydrogen-bond acceptors (Lipinski definition) is 2. The quantitative estimate of drug-likeness (QED) is 0.469. The molecule has 1 aromatic carbocycles. The maximum absolute atomic E-state index is 8.67. The number of allylic oxidation sites excluding steroid dienone is 2. The van der Waals surface area contributed by atoms with E-state index in [1.807, 2.05) is 36.4 Å². The summed E-state index contributed by atoms with van der Waals surface area (Å²) in [5.74, 6) is 0. The van der Waals surface area contributed by atoms with Gasteiger partial charge in [0, 0.05) is 5.56 Å². The van der Waals surface area contributed by atoms with Crippen molar-refractivity contribution in [1.82, 2.24) is 0 Å². The molecule has 0 atom stereocenters. The van der Waals surface area contributed by atoms with E-state index in [2.05, 4.69) is 5.16 Å². The summed E-state index contributed by atoms with van der Waals surface area (Å²) in [5, 5.41) is 11.9. The zero-order valence-corrected chi connectivity index (χ0v) is 7.07. The van der Waals surface area contributed by atoms with Crippen molar-refractivity contribution in [2.75, 3.05) is 0 Å². The molecule has 3 heteroatoms. The van der Waals surface area contributed by atoms with Gasteiger partial charge in [0.05, 0.1) is 0 Å². The molecule has 0 heterocycles. The number of rotatable bonds is 0. The highest BCUT2D eigenvalue weighted by Gasteiger charge is 2.09. The van der Waals surface area contributed by atoms with E-state index in [-0.39, 0.29) is 5.48 Å². The molecule has 0 radical (unpaired) electrons. The Morgan fingerprint density at radius 3 is 2.77 bits per heavy atom. The van der Waals surface area contributed by atoms with Crippen LogP contribution < -0.4 is 0 Å². The minimum absolute atomic E-state index is 0. The number of oxime groups is 1. The second-order valence-corrected chi connectivity index (χ2v) is 2.75. The molecule has 0 fully saturated rings. The van der Waals surface area contributed by atoms with Gasteiger partial charge in [-0.15, -0.1) is 0 Å². The van der Waals surface area contributed by atoms with Crippen LogP contribution in [0.2, 0.25) is 0 Å².